The van der Waals surface area contributed by atoms with E-state index in [0.717, 1.165) is 28.7 Å². The predicted octanol–water partition coefficient (Wildman–Crippen LogP) is 6.41. The minimum absolute atomic E-state index is 0.0973. The molecular weight excluding hydrogens is 535 g/mol. The van der Waals surface area contributed by atoms with Crippen LogP contribution in [0.2, 0.25) is 0 Å². The molecule has 0 atom stereocenters. The minimum Gasteiger partial charge on any atom is -0.491 e. The van der Waals surface area contributed by atoms with Crippen molar-refractivity contribution in [1.82, 2.24) is 19.7 Å². The van der Waals surface area contributed by atoms with Crippen molar-refractivity contribution in [2.45, 2.75) is 59.6 Å². The number of aromatic nitrogens is 4. The molecule has 8 nitrogen and oxygen atoms in total. The highest BCUT2D eigenvalue weighted by Gasteiger charge is 2.21. The molecule has 0 bridgehead atoms. The standard InChI is InChI=1S/C33H33FN4O4/c1-5-9-29-35-28(6-2)30(26-17-16-23(18-27(26)34)41-20(3)4)32(39)38(29)19-21-12-14-22(15-13-21)24-10-7-8-11-25(24)31-36-33(40)42-37-31/h7-8,10-18,20H,5-6,9,19H2,1-4H3,(H,36,37,40). The number of halogens is 1. The number of aromatic amines is 1. The summed E-state index contributed by atoms with van der Waals surface area (Å²) in [6.07, 6.45) is 1.83. The molecule has 0 spiro atoms. The van der Waals surface area contributed by atoms with Crippen molar-refractivity contribution in [2.75, 3.05) is 0 Å². The van der Waals surface area contributed by atoms with Gasteiger partial charge in [-0.1, -0.05) is 67.5 Å². The Kier molecular flexibility index (Phi) is 8.47. The van der Waals surface area contributed by atoms with Gasteiger partial charge < -0.3 is 4.74 Å². The number of hydrogen-bond donors (Lipinski definition) is 1. The summed E-state index contributed by atoms with van der Waals surface area (Å²) in [4.78, 5) is 33.0. The second-order valence-electron chi connectivity index (χ2n) is 10.3. The van der Waals surface area contributed by atoms with Crippen LogP contribution in [0.1, 0.15) is 51.2 Å². The van der Waals surface area contributed by atoms with Gasteiger partial charge in [0.2, 0.25) is 0 Å². The number of H-pyrrole nitrogens is 1. The summed E-state index contributed by atoms with van der Waals surface area (Å²) in [5, 5.41) is 3.83. The molecule has 0 aliphatic carbocycles. The molecule has 2 heterocycles. The van der Waals surface area contributed by atoms with Crippen LogP contribution in [0.4, 0.5) is 4.39 Å². The largest absolute Gasteiger partial charge is 0.491 e. The van der Waals surface area contributed by atoms with E-state index in [2.05, 4.69) is 10.1 Å². The third kappa shape index (κ3) is 5.95. The van der Waals surface area contributed by atoms with Crippen molar-refractivity contribution in [1.29, 1.82) is 0 Å². The zero-order valence-corrected chi connectivity index (χ0v) is 24.1. The lowest BCUT2D eigenvalue weighted by Gasteiger charge is -2.18. The number of benzene rings is 3. The molecule has 0 unspecified atom stereocenters. The number of rotatable bonds is 10. The first-order valence-electron chi connectivity index (χ1n) is 14.1. The zero-order chi connectivity index (χ0) is 29.8. The van der Waals surface area contributed by atoms with Crippen LogP contribution in [0.3, 0.4) is 0 Å². The average molecular weight is 569 g/mol. The monoisotopic (exact) mass is 568 g/mol. The lowest BCUT2D eigenvalue weighted by molar-refractivity contribution is 0.241. The Morgan fingerprint density at radius 2 is 1.71 bits per heavy atom. The summed E-state index contributed by atoms with van der Waals surface area (Å²) in [5.74, 6) is 0.295. The molecular formula is C33H33FN4O4. The smallest absolute Gasteiger partial charge is 0.439 e. The molecule has 5 aromatic rings. The first-order chi connectivity index (χ1) is 20.3. The molecule has 0 fully saturated rings. The lowest BCUT2D eigenvalue weighted by Crippen LogP contribution is -2.29. The number of nitrogens with zero attached hydrogens (tertiary/aromatic N) is 3. The van der Waals surface area contributed by atoms with Crippen molar-refractivity contribution in [3.63, 3.8) is 0 Å². The summed E-state index contributed by atoms with van der Waals surface area (Å²) in [6, 6.07) is 20.0. The van der Waals surface area contributed by atoms with E-state index in [0.29, 0.717) is 35.9 Å². The van der Waals surface area contributed by atoms with E-state index in [1.807, 2.05) is 76.2 Å². The van der Waals surface area contributed by atoms with Crippen LogP contribution < -0.4 is 16.1 Å². The maximum absolute atomic E-state index is 15.4. The van der Waals surface area contributed by atoms with Crippen LogP contribution in [0.15, 0.2) is 80.8 Å². The Balaban J connectivity index is 1.53. The number of nitrogens with one attached hydrogen (secondary N) is 1. The maximum atomic E-state index is 15.4. The predicted molar refractivity (Wildman–Crippen MR) is 160 cm³/mol. The van der Waals surface area contributed by atoms with Gasteiger partial charge in [0, 0.05) is 23.6 Å². The van der Waals surface area contributed by atoms with Crippen molar-refractivity contribution in [2.24, 2.45) is 0 Å². The molecule has 0 aliphatic rings. The highest BCUT2D eigenvalue weighted by molar-refractivity contribution is 5.80. The van der Waals surface area contributed by atoms with Gasteiger partial charge in [0.25, 0.3) is 5.56 Å². The van der Waals surface area contributed by atoms with E-state index < -0.39 is 11.6 Å². The van der Waals surface area contributed by atoms with Gasteiger partial charge in [0.05, 0.1) is 23.9 Å². The van der Waals surface area contributed by atoms with Crippen LogP contribution in [0.5, 0.6) is 5.75 Å². The van der Waals surface area contributed by atoms with Gasteiger partial charge in [0.15, 0.2) is 5.82 Å². The molecule has 5 rings (SSSR count). The van der Waals surface area contributed by atoms with Gasteiger partial charge in [-0.05, 0) is 55.5 Å². The Labute approximate surface area is 242 Å². The summed E-state index contributed by atoms with van der Waals surface area (Å²) in [7, 11) is 0. The molecule has 3 aromatic carbocycles. The fraction of sp³-hybridized carbons (Fsp3) is 0.273. The van der Waals surface area contributed by atoms with Gasteiger partial charge in [-0.15, -0.1) is 0 Å². The third-order valence-electron chi connectivity index (χ3n) is 6.94. The SMILES string of the molecule is CCCc1nc(CC)c(-c2ccc(OC(C)C)cc2F)c(=O)n1Cc1ccc(-c2ccccc2-c2noc(=O)[nH]2)cc1. The second kappa shape index (κ2) is 12.4. The van der Waals surface area contributed by atoms with Crippen molar-refractivity contribution in [3.8, 4) is 39.4 Å². The van der Waals surface area contributed by atoms with E-state index in [1.54, 1.807) is 16.7 Å². The molecule has 2 aromatic heterocycles. The molecule has 42 heavy (non-hydrogen) atoms. The number of aryl methyl sites for hydroxylation is 2. The van der Waals surface area contributed by atoms with Gasteiger partial charge in [-0.25, -0.2) is 14.2 Å². The summed E-state index contributed by atoms with van der Waals surface area (Å²) in [6.45, 7) is 8.00. The topological polar surface area (TPSA) is 103 Å². The molecule has 0 saturated heterocycles. The lowest BCUT2D eigenvalue weighted by atomic mass is 9.98. The Morgan fingerprint density at radius 3 is 2.33 bits per heavy atom. The Morgan fingerprint density at radius 1 is 0.976 bits per heavy atom. The molecule has 9 heteroatoms. The molecule has 0 saturated carbocycles. The second-order valence-corrected chi connectivity index (χ2v) is 10.3. The fourth-order valence-corrected chi connectivity index (χ4v) is 5.06. The molecule has 0 aliphatic heterocycles. The van der Waals surface area contributed by atoms with E-state index >= 15 is 4.39 Å². The van der Waals surface area contributed by atoms with E-state index in [9.17, 15) is 9.59 Å². The number of ether oxygens (including phenoxy) is 1. The van der Waals surface area contributed by atoms with Gasteiger partial charge >= 0.3 is 5.76 Å². The first kappa shape index (κ1) is 28.7. The highest BCUT2D eigenvalue weighted by atomic mass is 19.1. The van der Waals surface area contributed by atoms with Crippen LogP contribution in [0.25, 0.3) is 33.6 Å². The van der Waals surface area contributed by atoms with Crippen LogP contribution in [-0.4, -0.2) is 25.8 Å². The van der Waals surface area contributed by atoms with Gasteiger partial charge in [-0.3, -0.25) is 18.9 Å². The van der Waals surface area contributed by atoms with Crippen molar-refractivity contribution in [3.05, 3.63) is 111 Å². The quantitative estimate of drug-likeness (QED) is 0.209. The Bertz CT molecular complexity index is 1820. The normalized spacial score (nSPS) is 11.3. The molecule has 216 valence electrons. The van der Waals surface area contributed by atoms with Crippen LogP contribution >= 0.6 is 0 Å². The number of hydrogen-bond acceptors (Lipinski definition) is 6. The minimum atomic E-state index is -0.620. The fourth-order valence-electron chi connectivity index (χ4n) is 5.06. The molecule has 1 N–H and O–H groups in total. The third-order valence-corrected chi connectivity index (χ3v) is 6.94. The van der Waals surface area contributed by atoms with Crippen LogP contribution in [0, 0.1) is 5.82 Å². The highest BCUT2D eigenvalue weighted by Crippen LogP contribution is 2.31. The van der Waals surface area contributed by atoms with Crippen LogP contribution in [-0.2, 0) is 19.4 Å². The van der Waals surface area contributed by atoms with Crippen molar-refractivity contribution < 1.29 is 13.7 Å². The zero-order valence-electron chi connectivity index (χ0n) is 24.1. The summed E-state index contributed by atoms with van der Waals surface area (Å²) >= 11 is 0. The van der Waals surface area contributed by atoms with Gasteiger partial charge in [-0.2, -0.15) is 0 Å². The van der Waals surface area contributed by atoms with E-state index in [4.69, 9.17) is 14.2 Å². The maximum Gasteiger partial charge on any atom is 0.439 e. The Hall–Kier alpha value is -4.79. The van der Waals surface area contributed by atoms with E-state index in [-0.39, 0.29) is 29.3 Å². The van der Waals surface area contributed by atoms with Crippen molar-refractivity contribution >= 4 is 0 Å². The van der Waals surface area contributed by atoms with Gasteiger partial charge in [0.1, 0.15) is 17.4 Å². The molecule has 0 radical (unpaired) electrons. The first-order valence-corrected chi connectivity index (χ1v) is 14.1. The van der Waals surface area contributed by atoms with E-state index in [1.165, 1.54) is 6.07 Å². The average Bonchev–Trinajstić information content (AvgIpc) is 3.41. The summed E-state index contributed by atoms with van der Waals surface area (Å²) in [5.41, 5.74) is 4.20. The molecule has 0 amide bonds. The summed E-state index contributed by atoms with van der Waals surface area (Å²) < 4.78 is 27.4.